The Hall–Kier alpha value is -2.60. The van der Waals surface area contributed by atoms with Crippen LogP contribution in [0.1, 0.15) is 0 Å². The van der Waals surface area contributed by atoms with Gasteiger partial charge in [-0.2, -0.15) is 0 Å². The molecule has 1 heterocycles. The molecule has 1 aromatic rings. The minimum Gasteiger partial charge on any atom is -0.493 e. The van der Waals surface area contributed by atoms with Gasteiger partial charge in [-0.1, -0.05) is 12.1 Å². The lowest BCUT2D eigenvalue weighted by Crippen LogP contribution is -2.22. The summed E-state index contributed by atoms with van der Waals surface area (Å²) in [7, 11) is 1.58. The normalized spacial score (nSPS) is 16.3. The summed E-state index contributed by atoms with van der Waals surface area (Å²) in [5.74, 6) is 1.31. The number of hydrogen-bond acceptors (Lipinski definition) is 4. The van der Waals surface area contributed by atoms with Crippen molar-refractivity contribution in [2.75, 3.05) is 20.3 Å². The fourth-order valence-corrected chi connectivity index (χ4v) is 1.45. The van der Waals surface area contributed by atoms with E-state index < -0.39 is 6.09 Å². The van der Waals surface area contributed by atoms with Crippen molar-refractivity contribution in [1.29, 1.82) is 0 Å². The van der Waals surface area contributed by atoms with E-state index >= 15 is 0 Å². The molecule has 1 N–H and O–H groups in total. The molecule has 8 heteroatoms. The number of alkyl carbamates (subject to hydrolysis) is 1. The lowest BCUT2D eigenvalue weighted by atomic mass is 10.3. The maximum atomic E-state index is 10.8. The number of nitrogens with one attached hydrogen (secondary N) is 1. The first kappa shape index (κ1) is 14.5. The highest BCUT2D eigenvalue weighted by Crippen LogP contribution is 2.26. The Morgan fingerprint density at radius 3 is 2.58 bits per heavy atom. The maximum absolute atomic E-state index is 10.8. The summed E-state index contributed by atoms with van der Waals surface area (Å²) in [4.78, 5) is 12.3. The molecule has 1 saturated heterocycles. The zero-order valence-corrected chi connectivity index (χ0v) is 10.3. The number of cyclic esters (lactones) is 1. The van der Waals surface area contributed by atoms with E-state index in [-0.39, 0.29) is 6.10 Å². The highest BCUT2D eigenvalue weighted by atomic mass is 16.6. The summed E-state index contributed by atoms with van der Waals surface area (Å²) in [6.45, 7) is 0.799. The molecule has 1 aromatic carbocycles. The number of amides is 1. The molecule has 0 aromatic heterocycles. The topological polar surface area (TPSA) is 115 Å². The predicted octanol–water partition coefficient (Wildman–Crippen LogP) is 2.05. The van der Waals surface area contributed by atoms with E-state index in [1.54, 1.807) is 7.11 Å². The van der Waals surface area contributed by atoms with Crippen LogP contribution in [0.4, 0.5) is 4.79 Å². The van der Waals surface area contributed by atoms with Gasteiger partial charge in [-0.15, -0.1) is 0 Å². The molecule has 2 rings (SSSR count). The molecule has 0 aliphatic carbocycles. The zero-order chi connectivity index (χ0) is 14.1. The van der Waals surface area contributed by atoms with Crippen molar-refractivity contribution in [1.82, 2.24) is 5.32 Å². The summed E-state index contributed by atoms with van der Waals surface area (Å²) in [5, 5.41) is 2.56. The van der Waals surface area contributed by atoms with Gasteiger partial charge >= 0.3 is 6.09 Å². The highest BCUT2D eigenvalue weighted by molar-refractivity contribution is 5.69. The van der Waals surface area contributed by atoms with Crippen molar-refractivity contribution in [2.24, 2.45) is 0 Å². The first-order valence-electron chi connectivity index (χ1n) is 5.40. The molecule has 1 fully saturated rings. The SMILES string of the molecule is COc1ccccc1OCC1CNC(=O)O1.[N-]=[N+]=[N-]. The molecule has 1 amide bonds. The zero-order valence-electron chi connectivity index (χ0n) is 10.3. The predicted molar refractivity (Wildman–Crippen MR) is 66.8 cm³/mol. The van der Waals surface area contributed by atoms with E-state index in [4.69, 9.17) is 25.3 Å². The van der Waals surface area contributed by atoms with Gasteiger partial charge in [0, 0.05) is 0 Å². The lowest BCUT2D eigenvalue weighted by molar-refractivity contribution is 0.103. The number of carbonyl (C=O) groups is 1. The molecule has 1 aliphatic heterocycles. The van der Waals surface area contributed by atoms with Crippen LogP contribution < -0.4 is 14.8 Å². The van der Waals surface area contributed by atoms with E-state index in [9.17, 15) is 4.79 Å². The van der Waals surface area contributed by atoms with Gasteiger partial charge in [0.25, 0.3) is 0 Å². The number of benzene rings is 1. The molecule has 0 radical (unpaired) electrons. The summed E-state index contributed by atoms with van der Waals surface area (Å²) in [6.07, 6.45) is -0.633. The molecular weight excluding hydrogens is 252 g/mol. The summed E-state index contributed by atoms with van der Waals surface area (Å²) in [5.41, 5.74) is 13.5. The van der Waals surface area contributed by atoms with Gasteiger partial charge < -0.3 is 30.6 Å². The molecule has 8 nitrogen and oxygen atoms in total. The Bertz CT molecular complexity index is 460. The summed E-state index contributed by atoms with van der Waals surface area (Å²) >= 11 is 0. The van der Waals surface area contributed by atoms with Crippen LogP contribution in [0.25, 0.3) is 16.0 Å². The van der Waals surface area contributed by atoms with E-state index in [1.807, 2.05) is 24.3 Å². The maximum Gasteiger partial charge on any atom is 0.407 e. The average molecular weight is 265 g/mol. The highest BCUT2D eigenvalue weighted by Gasteiger charge is 2.23. The van der Waals surface area contributed by atoms with Crippen LogP contribution in [0.5, 0.6) is 11.5 Å². The first-order chi connectivity index (χ1) is 9.21. The second kappa shape index (κ2) is 7.67. The second-order valence-corrected chi connectivity index (χ2v) is 3.46. The third kappa shape index (κ3) is 4.64. The molecule has 19 heavy (non-hydrogen) atoms. The largest absolute Gasteiger partial charge is 0.493 e. The number of rotatable bonds is 4. The lowest BCUT2D eigenvalue weighted by Gasteiger charge is -2.12. The standard InChI is InChI=1S/C11H13NO4.N3/c1-14-9-4-2-3-5-10(9)15-7-8-6-12-11(13)16-8;1-3-2/h2-5,8H,6-7H2,1H3,(H,12,13);/q;-1. The smallest absolute Gasteiger partial charge is 0.407 e. The van der Waals surface area contributed by atoms with Crippen molar-refractivity contribution < 1.29 is 19.0 Å². The molecule has 102 valence electrons. The third-order valence-corrected chi connectivity index (χ3v) is 2.24. The van der Waals surface area contributed by atoms with Gasteiger partial charge in [0.15, 0.2) is 17.6 Å². The van der Waals surface area contributed by atoms with Crippen LogP contribution in [-0.2, 0) is 4.74 Å². The van der Waals surface area contributed by atoms with Crippen LogP contribution in [0.2, 0.25) is 0 Å². The number of hydrogen-bond donors (Lipinski definition) is 1. The monoisotopic (exact) mass is 265 g/mol. The number of ether oxygens (including phenoxy) is 3. The fourth-order valence-electron chi connectivity index (χ4n) is 1.45. The van der Waals surface area contributed by atoms with Gasteiger partial charge in [-0.25, -0.2) is 4.79 Å². The molecule has 1 atom stereocenters. The van der Waals surface area contributed by atoms with Gasteiger partial charge in [-0.05, 0) is 12.1 Å². The third-order valence-electron chi connectivity index (χ3n) is 2.24. The molecule has 0 bridgehead atoms. The Kier molecular flexibility index (Phi) is 5.84. The average Bonchev–Trinajstić information content (AvgIpc) is 2.83. The molecule has 1 unspecified atom stereocenters. The van der Waals surface area contributed by atoms with Crippen LogP contribution in [-0.4, -0.2) is 32.5 Å². The van der Waals surface area contributed by atoms with Crippen LogP contribution >= 0.6 is 0 Å². The Morgan fingerprint density at radius 1 is 1.42 bits per heavy atom. The quantitative estimate of drug-likeness (QED) is 0.509. The van der Waals surface area contributed by atoms with Crippen molar-refractivity contribution in [3.05, 3.63) is 40.2 Å². The van der Waals surface area contributed by atoms with Crippen LogP contribution in [0, 0.1) is 0 Å². The van der Waals surface area contributed by atoms with Crippen molar-refractivity contribution in [2.45, 2.75) is 6.10 Å². The van der Waals surface area contributed by atoms with Crippen LogP contribution in [0.3, 0.4) is 0 Å². The van der Waals surface area contributed by atoms with Crippen LogP contribution in [0.15, 0.2) is 24.3 Å². The summed E-state index contributed by atoms with van der Waals surface area (Å²) in [6, 6.07) is 7.34. The van der Waals surface area contributed by atoms with Crippen molar-refractivity contribution in [3.8, 4) is 11.5 Å². The number of methoxy groups -OCH3 is 1. The molecule has 0 spiro atoms. The Morgan fingerprint density at radius 2 is 2.05 bits per heavy atom. The Balaban J connectivity index is 0.000000550. The van der Waals surface area contributed by atoms with Crippen molar-refractivity contribution >= 4 is 6.09 Å². The molecule has 0 saturated carbocycles. The van der Waals surface area contributed by atoms with Gasteiger partial charge in [0.1, 0.15) is 6.61 Å². The minimum absolute atomic E-state index is 0.239. The fraction of sp³-hybridized carbons (Fsp3) is 0.364. The first-order valence-corrected chi connectivity index (χ1v) is 5.40. The number of carbonyl (C=O) groups excluding carboxylic acids is 1. The number of nitrogens with zero attached hydrogens (tertiary/aromatic N) is 3. The molecular formula is C11H13N4O4-. The van der Waals surface area contributed by atoms with E-state index in [1.165, 1.54) is 4.91 Å². The molecule has 1 aliphatic rings. The van der Waals surface area contributed by atoms with E-state index in [2.05, 4.69) is 5.32 Å². The van der Waals surface area contributed by atoms with Gasteiger partial charge in [0.05, 0.1) is 13.7 Å². The van der Waals surface area contributed by atoms with Gasteiger partial charge in [-0.3, -0.25) is 4.91 Å². The minimum atomic E-state index is -0.395. The van der Waals surface area contributed by atoms with E-state index in [0.29, 0.717) is 24.7 Å². The number of para-hydroxylation sites is 2. The van der Waals surface area contributed by atoms with E-state index in [0.717, 1.165) is 0 Å². The second-order valence-electron chi connectivity index (χ2n) is 3.46. The summed E-state index contributed by atoms with van der Waals surface area (Å²) < 4.78 is 15.6. The Labute approximate surface area is 109 Å². The van der Waals surface area contributed by atoms with Gasteiger partial charge in [0.2, 0.25) is 0 Å². The van der Waals surface area contributed by atoms with Crippen molar-refractivity contribution in [3.63, 3.8) is 0 Å².